The third kappa shape index (κ3) is 6.53. The van der Waals surface area contributed by atoms with Gasteiger partial charge in [0.1, 0.15) is 18.0 Å². The molecule has 6 atom stereocenters. The van der Waals surface area contributed by atoms with Crippen LogP contribution >= 0.6 is 0 Å². The Morgan fingerprint density at radius 1 is 1.09 bits per heavy atom. The molecule has 8 heteroatoms. The Bertz CT molecular complexity index is 1440. The molecule has 3 aliphatic rings. The summed E-state index contributed by atoms with van der Waals surface area (Å²) in [6, 6.07) is 16.9. The zero-order chi connectivity index (χ0) is 33.1. The van der Waals surface area contributed by atoms with E-state index in [9.17, 15) is 4.79 Å². The second kappa shape index (κ2) is 14.1. The zero-order valence-electron chi connectivity index (χ0n) is 28.5. The number of hydrazone groups is 1. The van der Waals surface area contributed by atoms with Crippen LogP contribution in [0.25, 0.3) is 0 Å². The minimum atomic E-state index is -0.635. The van der Waals surface area contributed by atoms with Gasteiger partial charge < -0.3 is 28.7 Å². The third-order valence-corrected chi connectivity index (χ3v) is 10.6. The van der Waals surface area contributed by atoms with Crippen molar-refractivity contribution in [1.29, 1.82) is 0 Å². The van der Waals surface area contributed by atoms with Gasteiger partial charge in [0.25, 0.3) is 0 Å². The van der Waals surface area contributed by atoms with Crippen LogP contribution in [-0.2, 0) is 25.6 Å². The number of rotatable bonds is 12. The summed E-state index contributed by atoms with van der Waals surface area (Å²) < 4.78 is 30.5. The number of nitrogens with zero attached hydrogens (tertiary/aromatic N) is 2. The van der Waals surface area contributed by atoms with Crippen LogP contribution < -0.4 is 4.74 Å². The van der Waals surface area contributed by atoms with Crippen LogP contribution in [0.1, 0.15) is 68.8 Å². The first-order valence-electron chi connectivity index (χ1n) is 16.3. The molecule has 5 rings (SSSR count). The molecule has 2 aromatic rings. The van der Waals surface area contributed by atoms with E-state index >= 15 is 0 Å². The van der Waals surface area contributed by atoms with Crippen LogP contribution in [0.5, 0.6) is 5.75 Å². The third-order valence-electron chi connectivity index (χ3n) is 10.6. The van der Waals surface area contributed by atoms with Gasteiger partial charge in [-0.2, -0.15) is 5.10 Å². The molecule has 0 spiro atoms. The highest BCUT2D eigenvalue weighted by atomic mass is 16.7. The smallest absolute Gasteiger partial charge is 0.338 e. The summed E-state index contributed by atoms with van der Waals surface area (Å²) in [5.74, 6) is 0.796. The molecule has 1 saturated heterocycles. The molecule has 1 saturated carbocycles. The number of carbonyl (C=O) groups excluding carboxylic acids is 1. The fourth-order valence-electron chi connectivity index (χ4n) is 7.92. The molecule has 8 nitrogen and oxygen atoms in total. The standard InChI is InChI=1S/C38H50N2O6/c1-25(2)34(44-23-26-14-17-29(42-7)18-15-26)33(46-35(41)27-12-10-9-11-13-27)22-30-31-19-16-28-24-45-36(43-8)38(28,4)37(31,3)21-20-32(30)39-40(5)6/h9-15,17-18,28,33-34,36H,1,16,19-24H2,2-8H3/b39-32+/t28-,33+,34+,36-,37-,38+/m0/s1. The number of hydrogen-bond donors (Lipinski definition) is 0. The molecule has 2 fully saturated rings. The van der Waals surface area contributed by atoms with Crippen LogP contribution in [0.3, 0.4) is 0 Å². The highest BCUT2D eigenvalue weighted by Gasteiger charge is 2.63. The number of methoxy groups -OCH3 is 2. The molecule has 1 heterocycles. The van der Waals surface area contributed by atoms with E-state index in [-0.39, 0.29) is 23.1 Å². The number of carbonyl (C=O) groups is 1. The van der Waals surface area contributed by atoms with Crippen LogP contribution in [0, 0.1) is 16.7 Å². The summed E-state index contributed by atoms with van der Waals surface area (Å²) >= 11 is 0. The first-order valence-corrected chi connectivity index (χ1v) is 16.3. The first kappa shape index (κ1) is 33.9. The minimum Gasteiger partial charge on any atom is -0.497 e. The maximum absolute atomic E-state index is 13.6. The molecule has 0 radical (unpaired) electrons. The predicted molar refractivity (Wildman–Crippen MR) is 180 cm³/mol. The lowest BCUT2D eigenvalue weighted by Crippen LogP contribution is -2.54. The quantitative estimate of drug-likeness (QED) is 0.139. The molecule has 2 aromatic carbocycles. The number of allylic oxidation sites excluding steroid dienone is 1. The molecular formula is C38H50N2O6. The Morgan fingerprint density at radius 3 is 2.43 bits per heavy atom. The molecule has 46 heavy (non-hydrogen) atoms. The molecule has 0 aromatic heterocycles. The maximum atomic E-state index is 13.6. The van der Waals surface area contributed by atoms with Gasteiger partial charge in [0.05, 0.1) is 31.6 Å². The lowest BCUT2D eigenvalue weighted by atomic mass is 9.48. The lowest BCUT2D eigenvalue weighted by molar-refractivity contribution is -0.174. The van der Waals surface area contributed by atoms with Crippen LogP contribution in [0.15, 0.2) is 83.0 Å². The Kier molecular flexibility index (Phi) is 10.4. The molecule has 248 valence electrons. The van der Waals surface area contributed by atoms with E-state index in [1.165, 1.54) is 5.57 Å². The molecule has 2 aliphatic carbocycles. The molecule has 0 amide bonds. The first-order chi connectivity index (χ1) is 22.0. The van der Waals surface area contributed by atoms with E-state index in [0.29, 0.717) is 31.1 Å². The largest absolute Gasteiger partial charge is 0.497 e. The molecule has 0 bridgehead atoms. The summed E-state index contributed by atoms with van der Waals surface area (Å²) in [7, 11) is 7.30. The number of benzene rings is 2. The summed E-state index contributed by atoms with van der Waals surface area (Å²) in [6.45, 7) is 12.0. The van der Waals surface area contributed by atoms with Crippen LogP contribution in [0.4, 0.5) is 0 Å². The van der Waals surface area contributed by atoms with E-state index in [0.717, 1.165) is 53.9 Å². The average molecular weight is 631 g/mol. The van der Waals surface area contributed by atoms with Gasteiger partial charge in [-0.25, -0.2) is 4.79 Å². The van der Waals surface area contributed by atoms with E-state index in [2.05, 4.69) is 20.4 Å². The highest BCUT2D eigenvalue weighted by molar-refractivity contribution is 6.02. The predicted octanol–water partition coefficient (Wildman–Crippen LogP) is 7.21. The lowest BCUT2D eigenvalue weighted by Gasteiger charge is -2.56. The van der Waals surface area contributed by atoms with Gasteiger partial charge >= 0.3 is 5.97 Å². The van der Waals surface area contributed by atoms with Gasteiger partial charge in [0, 0.05) is 33.0 Å². The number of esters is 1. The summed E-state index contributed by atoms with van der Waals surface area (Å²) in [5, 5.41) is 6.87. The van der Waals surface area contributed by atoms with Crippen molar-refractivity contribution in [2.75, 3.05) is 34.9 Å². The van der Waals surface area contributed by atoms with E-state index in [4.69, 9.17) is 28.8 Å². The second-order valence-electron chi connectivity index (χ2n) is 13.5. The van der Waals surface area contributed by atoms with Crippen molar-refractivity contribution in [3.05, 3.63) is 89.0 Å². The monoisotopic (exact) mass is 630 g/mol. The number of fused-ring (bicyclic) bond motifs is 3. The average Bonchev–Trinajstić information content (AvgIpc) is 3.39. The topological polar surface area (TPSA) is 78.8 Å². The van der Waals surface area contributed by atoms with Gasteiger partial charge in [-0.1, -0.05) is 56.3 Å². The molecular weight excluding hydrogens is 580 g/mol. The van der Waals surface area contributed by atoms with Gasteiger partial charge in [-0.05, 0) is 84.9 Å². The van der Waals surface area contributed by atoms with Crippen molar-refractivity contribution in [1.82, 2.24) is 5.01 Å². The fourth-order valence-corrected chi connectivity index (χ4v) is 7.92. The highest BCUT2D eigenvalue weighted by Crippen LogP contribution is 2.65. The molecule has 0 unspecified atom stereocenters. The fraction of sp³-hybridized carbons (Fsp3) is 0.526. The Hall–Kier alpha value is -3.46. The zero-order valence-corrected chi connectivity index (χ0v) is 28.5. The minimum absolute atomic E-state index is 0.176. The van der Waals surface area contributed by atoms with Crippen molar-refractivity contribution >= 4 is 11.7 Å². The summed E-state index contributed by atoms with van der Waals surface area (Å²) in [6.07, 6.45) is 2.67. The Balaban J connectivity index is 1.56. The number of hydrogen-bond acceptors (Lipinski definition) is 8. The van der Waals surface area contributed by atoms with E-state index in [1.807, 2.05) is 68.5 Å². The summed E-state index contributed by atoms with van der Waals surface area (Å²) in [5.41, 5.74) is 5.44. The van der Waals surface area contributed by atoms with Gasteiger partial charge in [0.15, 0.2) is 6.29 Å². The van der Waals surface area contributed by atoms with Crippen LogP contribution in [0.2, 0.25) is 0 Å². The SMILES string of the molecule is C=C(C)[C@@H](OCc1ccc(OC)cc1)[C@@H](CC1=C2CC[C@H]3CO[C@H](OC)[C@]3(C)[C@@]2(C)CC/C1=N\N(C)C)OC(=O)c1ccccc1. The summed E-state index contributed by atoms with van der Waals surface area (Å²) in [4.78, 5) is 13.6. The molecule has 0 N–H and O–H groups in total. The van der Waals surface area contributed by atoms with Gasteiger partial charge in [0.2, 0.25) is 0 Å². The van der Waals surface area contributed by atoms with Gasteiger partial charge in [-0.15, -0.1) is 0 Å². The van der Waals surface area contributed by atoms with Crippen molar-refractivity contribution in [3.8, 4) is 5.75 Å². The normalized spacial score (nSPS) is 27.8. The van der Waals surface area contributed by atoms with Crippen molar-refractivity contribution < 1.29 is 28.5 Å². The van der Waals surface area contributed by atoms with E-state index in [1.54, 1.807) is 26.4 Å². The van der Waals surface area contributed by atoms with Crippen molar-refractivity contribution in [2.24, 2.45) is 21.8 Å². The molecule has 1 aliphatic heterocycles. The van der Waals surface area contributed by atoms with Crippen molar-refractivity contribution in [2.45, 2.75) is 78.0 Å². The van der Waals surface area contributed by atoms with E-state index < -0.39 is 12.2 Å². The number of ether oxygens (including phenoxy) is 5. The van der Waals surface area contributed by atoms with Crippen LogP contribution in [-0.4, -0.2) is 70.1 Å². The van der Waals surface area contributed by atoms with Crippen molar-refractivity contribution in [3.63, 3.8) is 0 Å². The Labute approximate surface area is 274 Å². The second-order valence-corrected chi connectivity index (χ2v) is 13.5. The maximum Gasteiger partial charge on any atom is 0.338 e. The Morgan fingerprint density at radius 2 is 1.80 bits per heavy atom. The van der Waals surface area contributed by atoms with Gasteiger partial charge in [-0.3, -0.25) is 0 Å².